The minimum Gasteiger partial charge on any atom is -0.396 e. The summed E-state index contributed by atoms with van der Waals surface area (Å²) in [6.07, 6.45) is 3.12. The first-order valence-electron chi connectivity index (χ1n) is 8.79. The van der Waals surface area contributed by atoms with Gasteiger partial charge in [-0.05, 0) is 44.2 Å². The number of piperidine rings is 1. The lowest BCUT2D eigenvalue weighted by Crippen LogP contribution is -2.44. The Morgan fingerprint density at radius 3 is 2.74 bits per heavy atom. The monoisotopic (exact) mass is 318 g/mol. The summed E-state index contributed by atoms with van der Waals surface area (Å²) in [4.78, 5) is 16.9. The Balaban J connectivity index is 1.93. The largest absolute Gasteiger partial charge is 0.396 e. The van der Waals surface area contributed by atoms with E-state index in [1.54, 1.807) is 0 Å². The van der Waals surface area contributed by atoms with Crippen molar-refractivity contribution in [2.45, 2.75) is 39.7 Å². The van der Waals surface area contributed by atoms with Gasteiger partial charge in [-0.1, -0.05) is 36.8 Å². The number of aryl methyl sites for hydroxylation is 1. The minimum atomic E-state index is 0.200. The fourth-order valence-corrected chi connectivity index (χ4v) is 3.21. The number of benzene rings is 1. The Labute approximate surface area is 140 Å². The standard InChI is InChI=1S/C19H30N2O2/c1-3-10-21(13-17-8-6-16(2)7-9-17)19(23)14-20-11-4-5-18(12-20)15-22/h6-9,18,22H,3-5,10-15H2,1-2H3. The fourth-order valence-electron chi connectivity index (χ4n) is 3.21. The van der Waals surface area contributed by atoms with Crippen LogP contribution < -0.4 is 0 Å². The summed E-state index contributed by atoms with van der Waals surface area (Å²) in [5.41, 5.74) is 2.43. The Morgan fingerprint density at radius 2 is 2.09 bits per heavy atom. The molecule has 1 N–H and O–H groups in total. The van der Waals surface area contributed by atoms with Gasteiger partial charge in [0.2, 0.25) is 5.91 Å². The van der Waals surface area contributed by atoms with E-state index in [0.717, 1.165) is 38.9 Å². The van der Waals surface area contributed by atoms with E-state index >= 15 is 0 Å². The molecule has 1 aliphatic heterocycles. The van der Waals surface area contributed by atoms with Crippen LogP contribution in [0.15, 0.2) is 24.3 Å². The molecule has 1 heterocycles. The van der Waals surface area contributed by atoms with Crippen LogP contribution >= 0.6 is 0 Å². The number of nitrogens with zero attached hydrogens (tertiary/aromatic N) is 2. The number of carbonyl (C=O) groups excluding carboxylic acids is 1. The Kier molecular flexibility index (Phi) is 7.06. The summed E-state index contributed by atoms with van der Waals surface area (Å²) < 4.78 is 0. The summed E-state index contributed by atoms with van der Waals surface area (Å²) in [6, 6.07) is 8.41. The van der Waals surface area contributed by atoms with E-state index in [9.17, 15) is 9.90 Å². The minimum absolute atomic E-state index is 0.200. The van der Waals surface area contributed by atoms with Gasteiger partial charge in [-0.2, -0.15) is 0 Å². The molecule has 1 aromatic carbocycles. The summed E-state index contributed by atoms with van der Waals surface area (Å²) in [5, 5.41) is 9.33. The third-order valence-electron chi connectivity index (χ3n) is 4.56. The van der Waals surface area contributed by atoms with Gasteiger partial charge in [0.05, 0.1) is 6.54 Å². The SMILES string of the molecule is CCCN(Cc1ccc(C)cc1)C(=O)CN1CCCC(CO)C1. The molecule has 0 aliphatic carbocycles. The molecule has 0 saturated carbocycles. The van der Waals surface area contributed by atoms with Crippen molar-refractivity contribution in [1.29, 1.82) is 0 Å². The van der Waals surface area contributed by atoms with Gasteiger partial charge in [-0.25, -0.2) is 0 Å². The number of amides is 1. The van der Waals surface area contributed by atoms with Gasteiger partial charge in [0.25, 0.3) is 0 Å². The topological polar surface area (TPSA) is 43.8 Å². The lowest BCUT2D eigenvalue weighted by Gasteiger charge is -2.33. The van der Waals surface area contributed by atoms with Crippen LogP contribution in [0.1, 0.15) is 37.3 Å². The van der Waals surface area contributed by atoms with E-state index in [-0.39, 0.29) is 12.5 Å². The van der Waals surface area contributed by atoms with Crippen molar-refractivity contribution in [2.24, 2.45) is 5.92 Å². The molecule has 1 unspecified atom stereocenters. The molecule has 0 aromatic heterocycles. The second-order valence-corrected chi connectivity index (χ2v) is 6.73. The summed E-state index contributed by atoms with van der Waals surface area (Å²) in [5.74, 6) is 0.527. The molecular weight excluding hydrogens is 288 g/mol. The number of hydrogen-bond donors (Lipinski definition) is 1. The van der Waals surface area contributed by atoms with E-state index in [1.165, 1.54) is 11.1 Å². The zero-order valence-electron chi connectivity index (χ0n) is 14.5. The molecule has 128 valence electrons. The maximum absolute atomic E-state index is 12.7. The van der Waals surface area contributed by atoms with E-state index in [4.69, 9.17) is 0 Å². The molecule has 4 nitrogen and oxygen atoms in total. The first kappa shape index (κ1) is 18.0. The number of aliphatic hydroxyl groups is 1. The first-order valence-corrected chi connectivity index (χ1v) is 8.79. The normalized spacial score (nSPS) is 18.8. The number of likely N-dealkylation sites (tertiary alicyclic amines) is 1. The van der Waals surface area contributed by atoms with Gasteiger partial charge in [-0.15, -0.1) is 0 Å². The highest BCUT2D eigenvalue weighted by Crippen LogP contribution is 2.16. The van der Waals surface area contributed by atoms with Crippen molar-refractivity contribution >= 4 is 5.91 Å². The highest BCUT2D eigenvalue weighted by Gasteiger charge is 2.23. The molecular formula is C19H30N2O2. The van der Waals surface area contributed by atoms with Gasteiger partial charge in [0.1, 0.15) is 0 Å². The molecule has 1 fully saturated rings. The fraction of sp³-hybridized carbons (Fsp3) is 0.632. The Hall–Kier alpha value is -1.39. The van der Waals surface area contributed by atoms with E-state index < -0.39 is 0 Å². The van der Waals surface area contributed by atoms with Crippen LogP contribution in [0, 0.1) is 12.8 Å². The second-order valence-electron chi connectivity index (χ2n) is 6.73. The first-order chi connectivity index (χ1) is 11.1. The van der Waals surface area contributed by atoms with Crippen LogP contribution in [0.25, 0.3) is 0 Å². The van der Waals surface area contributed by atoms with Crippen molar-refractivity contribution in [3.63, 3.8) is 0 Å². The smallest absolute Gasteiger partial charge is 0.237 e. The molecule has 0 spiro atoms. The van der Waals surface area contributed by atoms with Crippen molar-refractivity contribution in [2.75, 3.05) is 32.8 Å². The zero-order chi connectivity index (χ0) is 16.7. The maximum Gasteiger partial charge on any atom is 0.237 e. The van der Waals surface area contributed by atoms with Crippen molar-refractivity contribution in [3.8, 4) is 0 Å². The molecule has 1 amide bonds. The van der Waals surface area contributed by atoms with Crippen LogP contribution in [-0.2, 0) is 11.3 Å². The molecule has 4 heteroatoms. The molecule has 1 atom stereocenters. The molecule has 0 bridgehead atoms. The molecule has 1 saturated heterocycles. The Morgan fingerprint density at radius 1 is 1.35 bits per heavy atom. The lowest BCUT2D eigenvalue weighted by molar-refractivity contribution is -0.133. The zero-order valence-corrected chi connectivity index (χ0v) is 14.5. The van der Waals surface area contributed by atoms with Crippen molar-refractivity contribution in [3.05, 3.63) is 35.4 Å². The van der Waals surface area contributed by atoms with Gasteiger partial charge in [0, 0.05) is 26.2 Å². The molecule has 0 radical (unpaired) electrons. The van der Waals surface area contributed by atoms with Gasteiger partial charge >= 0.3 is 0 Å². The lowest BCUT2D eigenvalue weighted by atomic mass is 9.99. The van der Waals surface area contributed by atoms with Crippen LogP contribution in [0.4, 0.5) is 0 Å². The third kappa shape index (κ3) is 5.63. The predicted molar refractivity (Wildman–Crippen MR) is 93.1 cm³/mol. The molecule has 2 rings (SSSR count). The number of hydrogen-bond acceptors (Lipinski definition) is 3. The molecule has 1 aliphatic rings. The number of aliphatic hydroxyl groups excluding tert-OH is 1. The Bertz CT molecular complexity index is 487. The summed E-state index contributed by atoms with van der Waals surface area (Å²) >= 11 is 0. The van der Waals surface area contributed by atoms with Gasteiger partial charge < -0.3 is 10.0 Å². The average Bonchev–Trinajstić information content (AvgIpc) is 2.56. The van der Waals surface area contributed by atoms with E-state index in [2.05, 4.69) is 43.0 Å². The van der Waals surface area contributed by atoms with Crippen molar-refractivity contribution < 1.29 is 9.90 Å². The number of rotatable bonds is 7. The van der Waals surface area contributed by atoms with E-state index in [1.807, 2.05) is 4.90 Å². The van der Waals surface area contributed by atoms with Crippen LogP contribution in [0.3, 0.4) is 0 Å². The highest BCUT2D eigenvalue weighted by atomic mass is 16.3. The third-order valence-corrected chi connectivity index (χ3v) is 4.56. The van der Waals surface area contributed by atoms with Crippen molar-refractivity contribution in [1.82, 2.24) is 9.80 Å². The summed E-state index contributed by atoms with van der Waals surface area (Å²) in [6.45, 7) is 8.17. The van der Waals surface area contributed by atoms with Gasteiger partial charge in [-0.3, -0.25) is 9.69 Å². The summed E-state index contributed by atoms with van der Waals surface area (Å²) in [7, 11) is 0. The van der Waals surface area contributed by atoms with Crippen LogP contribution in [-0.4, -0.2) is 53.6 Å². The second kappa shape index (κ2) is 9.04. The highest BCUT2D eigenvalue weighted by molar-refractivity contribution is 5.78. The quantitative estimate of drug-likeness (QED) is 0.840. The average molecular weight is 318 g/mol. The maximum atomic E-state index is 12.7. The van der Waals surface area contributed by atoms with Crippen LogP contribution in [0.5, 0.6) is 0 Å². The molecule has 23 heavy (non-hydrogen) atoms. The van der Waals surface area contributed by atoms with Crippen LogP contribution in [0.2, 0.25) is 0 Å². The van der Waals surface area contributed by atoms with Gasteiger partial charge in [0.15, 0.2) is 0 Å². The predicted octanol–water partition coefficient (Wildman–Crippen LogP) is 2.44. The number of carbonyl (C=O) groups is 1. The molecule has 1 aromatic rings. The van der Waals surface area contributed by atoms with E-state index in [0.29, 0.717) is 19.0 Å².